The number of ether oxygens (including phenoxy) is 1. The number of nitrogen functional groups attached to an aromatic ring is 1. The zero-order valence-electron chi connectivity index (χ0n) is 10.9. The van der Waals surface area contributed by atoms with Crippen molar-refractivity contribution in [2.24, 2.45) is 0 Å². The average molecular weight is 313 g/mol. The lowest BCUT2D eigenvalue weighted by Gasteiger charge is -2.35. The maximum Gasteiger partial charge on any atom is 0.0750 e. The number of benzene rings is 1. The van der Waals surface area contributed by atoms with Crippen LogP contribution in [0.2, 0.25) is 0 Å². The van der Waals surface area contributed by atoms with Crippen LogP contribution in [-0.2, 0) is 4.74 Å². The largest absolute Gasteiger partial charge is 0.399 e. The second-order valence-electron chi connectivity index (χ2n) is 4.79. The second kappa shape index (κ2) is 6.43. The summed E-state index contributed by atoms with van der Waals surface area (Å²) in [6.07, 6.45) is 3.80. The molecule has 2 rings (SSSR count). The summed E-state index contributed by atoms with van der Waals surface area (Å²) < 4.78 is 6.93. The molecule has 0 spiro atoms. The first kappa shape index (κ1) is 13.7. The number of hydrogen-bond acceptors (Lipinski definition) is 3. The molecule has 1 unspecified atom stereocenters. The highest BCUT2D eigenvalue weighted by atomic mass is 79.9. The molecule has 1 aromatic rings. The van der Waals surface area contributed by atoms with Gasteiger partial charge < -0.3 is 15.4 Å². The fourth-order valence-electron chi connectivity index (χ4n) is 2.36. The van der Waals surface area contributed by atoms with E-state index in [0.717, 1.165) is 36.3 Å². The van der Waals surface area contributed by atoms with Crippen molar-refractivity contribution in [2.75, 3.05) is 30.3 Å². The minimum Gasteiger partial charge on any atom is -0.399 e. The molecular formula is C14H21BrN2O. The summed E-state index contributed by atoms with van der Waals surface area (Å²) in [7, 11) is 0. The van der Waals surface area contributed by atoms with Gasteiger partial charge in [-0.25, -0.2) is 0 Å². The van der Waals surface area contributed by atoms with E-state index in [1.807, 2.05) is 12.1 Å². The summed E-state index contributed by atoms with van der Waals surface area (Å²) in [5.74, 6) is 0. The van der Waals surface area contributed by atoms with Crippen molar-refractivity contribution in [3.05, 3.63) is 22.7 Å². The summed E-state index contributed by atoms with van der Waals surface area (Å²) in [5, 5.41) is 0. The molecule has 1 aliphatic heterocycles. The fourth-order valence-corrected chi connectivity index (χ4v) is 3.00. The van der Waals surface area contributed by atoms with Gasteiger partial charge in [0, 0.05) is 29.9 Å². The number of nitrogens with two attached hydrogens (primary N) is 1. The number of halogens is 1. The third kappa shape index (κ3) is 3.39. The molecule has 1 fully saturated rings. The van der Waals surface area contributed by atoms with Gasteiger partial charge >= 0.3 is 0 Å². The van der Waals surface area contributed by atoms with Gasteiger partial charge in [-0.1, -0.05) is 6.92 Å². The summed E-state index contributed by atoms with van der Waals surface area (Å²) in [4.78, 5) is 2.38. The van der Waals surface area contributed by atoms with Crippen LogP contribution in [0.1, 0.15) is 26.2 Å². The fraction of sp³-hybridized carbons (Fsp3) is 0.571. The molecule has 4 heteroatoms. The summed E-state index contributed by atoms with van der Waals surface area (Å²) in [6, 6.07) is 6.00. The van der Waals surface area contributed by atoms with Crippen LogP contribution in [-0.4, -0.2) is 25.8 Å². The van der Waals surface area contributed by atoms with Gasteiger partial charge in [-0.2, -0.15) is 0 Å². The number of piperidine rings is 1. The first-order valence-electron chi connectivity index (χ1n) is 6.62. The topological polar surface area (TPSA) is 38.5 Å². The number of nitrogens with zero attached hydrogens (tertiary/aromatic N) is 1. The lowest BCUT2D eigenvalue weighted by molar-refractivity contribution is 0.0440. The Morgan fingerprint density at radius 3 is 3.06 bits per heavy atom. The highest BCUT2D eigenvalue weighted by molar-refractivity contribution is 9.10. The molecule has 0 aliphatic carbocycles. The monoisotopic (exact) mass is 312 g/mol. The predicted molar refractivity (Wildman–Crippen MR) is 80.0 cm³/mol. The molecule has 3 nitrogen and oxygen atoms in total. The highest BCUT2D eigenvalue weighted by Gasteiger charge is 2.21. The highest BCUT2D eigenvalue weighted by Crippen LogP contribution is 2.30. The van der Waals surface area contributed by atoms with Gasteiger partial charge in [0.1, 0.15) is 0 Å². The van der Waals surface area contributed by atoms with E-state index in [-0.39, 0.29) is 0 Å². The number of hydrogen-bond donors (Lipinski definition) is 1. The predicted octanol–water partition coefficient (Wildman–Crippen LogP) is 3.43. The molecule has 0 aromatic heterocycles. The molecule has 0 radical (unpaired) electrons. The van der Waals surface area contributed by atoms with Gasteiger partial charge in [0.05, 0.1) is 11.8 Å². The molecule has 1 aliphatic rings. The van der Waals surface area contributed by atoms with Crippen molar-refractivity contribution in [1.29, 1.82) is 0 Å². The number of rotatable bonds is 4. The third-order valence-electron chi connectivity index (χ3n) is 3.25. The van der Waals surface area contributed by atoms with Crippen molar-refractivity contribution >= 4 is 27.3 Å². The van der Waals surface area contributed by atoms with Crippen LogP contribution in [0.3, 0.4) is 0 Å². The van der Waals surface area contributed by atoms with Crippen LogP contribution in [0.15, 0.2) is 22.7 Å². The minimum atomic E-state index is 0.364. The standard InChI is InChI=1S/C14H21BrN2O/c1-2-8-18-12-4-3-7-17(10-12)14-6-5-11(16)9-13(14)15/h5-6,9,12H,2-4,7-8,10,16H2,1H3. The normalized spacial score (nSPS) is 20.1. The van der Waals surface area contributed by atoms with E-state index < -0.39 is 0 Å². The minimum absolute atomic E-state index is 0.364. The average Bonchev–Trinajstić information content (AvgIpc) is 2.36. The van der Waals surface area contributed by atoms with Crippen LogP contribution in [0, 0.1) is 0 Å². The van der Waals surface area contributed by atoms with E-state index in [1.165, 1.54) is 18.5 Å². The molecule has 1 atom stereocenters. The molecule has 100 valence electrons. The van der Waals surface area contributed by atoms with Gasteiger partial charge in [-0.15, -0.1) is 0 Å². The molecule has 2 N–H and O–H groups in total. The quantitative estimate of drug-likeness (QED) is 0.866. The zero-order valence-corrected chi connectivity index (χ0v) is 12.4. The first-order valence-corrected chi connectivity index (χ1v) is 7.41. The van der Waals surface area contributed by atoms with Crippen molar-refractivity contribution in [3.63, 3.8) is 0 Å². The molecule has 1 aromatic carbocycles. The van der Waals surface area contributed by atoms with Gasteiger partial charge in [-0.3, -0.25) is 0 Å². The maximum atomic E-state index is 5.87. The Labute approximate surface area is 117 Å². The Kier molecular flexibility index (Phi) is 4.89. The van der Waals surface area contributed by atoms with Crippen LogP contribution < -0.4 is 10.6 Å². The Hall–Kier alpha value is -0.740. The van der Waals surface area contributed by atoms with E-state index in [0.29, 0.717) is 6.10 Å². The molecule has 0 bridgehead atoms. The summed E-state index contributed by atoms with van der Waals surface area (Å²) in [6.45, 7) is 5.08. The van der Waals surface area contributed by atoms with Crippen LogP contribution in [0.5, 0.6) is 0 Å². The Bertz CT molecular complexity index is 397. The molecule has 1 heterocycles. The third-order valence-corrected chi connectivity index (χ3v) is 3.88. The van der Waals surface area contributed by atoms with Crippen molar-refractivity contribution in [2.45, 2.75) is 32.3 Å². The smallest absolute Gasteiger partial charge is 0.0750 e. The Balaban J connectivity index is 2.03. The Morgan fingerprint density at radius 1 is 1.50 bits per heavy atom. The van der Waals surface area contributed by atoms with Crippen LogP contribution in [0.4, 0.5) is 11.4 Å². The lowest BCUT2D eigenvalue weighted by Crippen LogP contribution is -2.40. The molecule has 0 amide bonds. The van der Waals surface area contributed by atoms with Crippen molar-refractivity contribution in [1.82, 2.24) is 0 Å². The van der Waals surface area contributed by atoms with Crippen molar-refractivity contribution < 1.29 is 4.74 Å². The summed E-state index contributed by atoms with van der Waals surface area (Å²) >= 11 is 3.59. The van der Waals surface area contributed by atoms with Gasteiger partial charge in [0.15, 0.2) is 0 Å². The maximum absolute atomic E-state index is 5.87. The summed E-state index contributed by atoms with van der Waals surface area (Å²) in [5.41, 5.74) is 7.79. The first-order chi connectivity index (χ1) is 8.70. The Morgan fingerprint density at radius 2 is 2.33 bits per heavy atom. The van der Waals surface area contributed by atoms with E-state index in [1.54, 1.807) is 0 Å². The van der Waals surface area contributed by atoms with Crippen LogP contribution in [0.25, 0.3) is 0 Å². The van der Waals surface area contributed by atoms with Crippen molar-refractivity contribution in [3.8, 4) is 0 Å². The van der Waals surface area contributed by atoms with Gasteiger partial charge in [-0.05, 0) is 53.4 Å². The van der Waals surface area contributed by atoms with Gasteiger partial charge in [0.2, 0.25) is 0 Å². The molecule has 0 saturated carbocycles. The second-order valence-corrected chi connectivity index (χ2v) is 5.65. The van der Waals surface area contributed by atoms with Crippen LogP contribution >= 0.6 is 15.9 Å². The SMILES string of the molecule is CCCOC1CCCN(c2ccc(N)cc2Br)C1. The van der Waals surface area contributed by atoms with E-state index in [9.17, 15) is 0 Å². The number of anilines is 2. The molecule has 18 heavy (non-hydrogen) atoms. The zero-order chi connectivity index (χ0) is 13.0. The van der Waals surface area contributed by atoms with E-state index in [4.69, 9.17) is 10.5 Å². The lowest BCUT2D eigenvalue weighted by atomic mass is 10.1. The molecule has 1 saturated heterocycles. The molecular weight excluding hydrogens is 292 g/mol. The van der Waals surface area contributed by atoms with E-state index >= 15 is 0 Å². The van der Waals surface area contributed by atoms with Gasteiger partial charge in [0.25, 0.3) is 0 Å². The van der Waals surface area contributed by atoms with E-state index in [2.05, 4.69) is 33.8 Å².